The maximum atomic E-state index is 13.6. The molecule has 2 aliphatic rings. The van der Waals surface area contributed by atoms with Crippen LogP contribution < -0.4 is 9.47 Å². The van der Waals surface area contributed by atoms with Gasteiger partial charge in [-0.05, 0) is 48.2 Å². The molecule has 1 amide bonds. The average molecular weight is 403 g/mol. The van der Waals surface area contributed by atoms with Crippen LogP contribution in [0.4, 0.5) is 0 Å². The zero-order valence-electron chi connectivity index (χ0n) is 16.9. The van der Waals surface area contributed by atoms with Gasteiger partial charge in [-0.15, -0.1) is 0 Å². The molecule has 6 heteroatoms. The van der Waals surface area contributed by atoms with Crippen molar-refractivity contribution in [3.63, 3.8) is 0 Å². The standard InChI is InChI=1S/C24H25N3O3/c28-24(20-7-2-1-6-19(20)17-26-12-4-11-25-26)27-13-3-8-21(27)18-9-10-22-23(16-18)30-15-5-14-29-22/h1-2,4,6-7,9-12,16,21H,3,5,8,13-15,17H2/t21-/m1/s1. The third-order valence-electron chi connectivity index (χ3n) is 5.81. The van der Waals surface area contributed by atoms with E-state index in [1.807, 2.05) is 58.2 Å². The van der Waals surface area contributed by atoms with Crippen molar-refractivity contribution in [1.82, 2.24) is 14.7 Å². The SMILES string of the molecule is O=C(c1ccccc1Cn1cccn1)N1CCC[C@@H]1c1ccc2c(c1)OCCCO2. The van der Waals surface area contributed by atoms with Crippen molar-refractivity contribution >= 4 is 5.91 Å². The number of hydrogen-bond donors (Lipinski definition) is 0. The first-order valence-corrected chi connectivity index (χ1v) is 10.6. The van der Waals surface area contributed by atoms with Crippen molar-refractivity contribution in [2.45, 2.75) is 31.8 Å². The molecule has 1 aromatic heterocycles. The molecule has 30 heavy (non-hydrogen) atoms. The van der Waals surface area contributed by atoms with E-state index >= 15 is 0 Å². The summed E-state index contributed by atoms with van der Waals surface area (Å²) in [6.07, 6.45) is 6.49. The lowest BCUT2D eigenvalue weighted by atomic mass is 10.0. The molecular weight excluding hydrogens is 378 g/mol. The van der Waals surface area contributed by atoms with Crippen molar-refractivity contribution < 1.29 is 14.3 Å². The van der Waals surface area contributed by atoms with Gasteiger partial charge in [0.15, 0.2) is 11.5 Å². The van der Waals surface area contributed by atoms with Crippen LogP contribution >= 0.6 is 0 Å². The average Bonchev–Trinajstić information content (AvgIpc) is 3.41. The van der Waals surface area contributed by atoms with E-state index < -0.39 is 0 Å². The second-order valence-electron chi connectivity index (χ2n) is 7.77. The first kappa shape index (κ1) is 18.7. The number of hydrogen-bond acceptors (Lipinski definition) is 4. The summed E-state index contributed by atoms with van der Waals surface area (Å²) in [5.74, 6) is 1.65. The van der Waals surface area contributed by atoms with Crippen molar-refractivity contribution in [2.24, 2.45) is 0 Å². The Bertz CT molecular complexity index is 1030. The second kappa shape index (κ2) is 8.22. The molecule has 6 nitrogen and oxygen atoms in total. The Kier molecular flexibility index (Phi) is 5.13. The van der Waals surface area contributed by atoms with Crippen LogP contribution in [0, 0.1) is 0 Å². The van der Waals surface area contributed by atoms with E-state index in [0.29, 0.717) is 19.8 Å². The first-order chi connectivity index (χ1) is 14.8. The van der Waals surface area contributed by atoms with E-state index in [1.165, 1.54) is 0 Å². The zero-order valence-corrected chi connectivity index (χ0v) is 16.9. The number of carbonyl (C=O) groups is 1. The lowest BCUT2D eigenvalue weighted by Gasteiger charge is -2.26. The predicted molar refractivity (Wildman–Crippen MR) is 113 cm³/mol. The van der Waals surface area contributed by atoms with E-state index in [0.717, 1.165) is 54.0 Å². The molecular formula is C24H25N3O3. The predicted octanol–water partition coefficient (Wildman–Crippen LogP) is 4.07. The number of likely N-dealkylation sites (tertiary alicyclic amines) is 1. The second-order valence-corrected chi connectivity index (χ2v) is 7.77. The quantitative estimate of drug-likeness (QED) is 0.659. The minimum atomic E-state index is 0.0485. The van der Waals surface area contributed by atoms with Gasteiger partial charge in [-0.2, -0.15) is 5.10 Å². The lowest BCUT2D eigenvalue weighted by molar-refractivity contribution is 0.0734. The highest BCUT2D eigenvalue weighted by atomic mass is 16.5. The highest BCUT2D eigenvalue weighted by Crippen LogP contribution is 2.38. The maximum Gasteiger partial charge on any atom is 0.254 e. The van der Waals surface area contributed by atoms with E-state index in [-0.39, 0.29) is 11.9 Å². The number of rotatable bonds is 4. The third-order valence-corrected chi connectivity index (χ3v) is 5.81. The highest BCUT2D eigenvalue weighted by molar-refractivity contribution is 5.96. The largest absolute Gasteiger partial charge is 0.490 e. The van der Waals surface area contributed by atoms with Gasteiger partial charge in [0.05, 0.1) is 25.8 Å². The first-order valence-electron chi connectivity index (χ1n) is 10.6. The molecule has 3 heterocycles. The van der Waals surface area contributed by atoms with Crippen LogP contribution in [0.25, 0.3) is 0 Å². The van der Waals surface area contributed by atoms with Gasteiger partial charge < -0.3 is 14.4 Å². The normalized spacial score (nSPS) is 18.3. The van der Waals surface area contributed by atoms with Gasteiger partial charge in [-0.3, -0.25) is 9.48 Å². The molecule has 0 spiro atoms. The van der Waals surface area contributed by atoms with Gasteiger partial charge in [-0.25, -0.2) is 0 Å². The molecule has 0 bridgehead atoms. The molecule has 0 N–H and O–H groups in total. The third kappa shape index (κ3) is 3.65. The Morgan fingerprint density at radius 2 is 1.90 bits per heavy atom. The fourth-order valence-electron chi connectivity index (χ4n) is 4.33. The van der Waals surface area contributed by atoms with Crippen LogP contribution in [0.1, 0.15) is 46.8 Å². The van der Waals surface area contributed by atoms with Gasteiger partial charge >= 0.3 is 0 Å². The van der Waals surface area contributed by atoms with Gasteiger partial charge in [0.1, 0.15) is 0 Å². The summed E-state index contributed by atoms with van der Waals surface area (Å²) in [4.78, 5) is 15.6. The summed E-state index contributed by atoms with van der Waals surface area (Å²) in [5.41, 5.74) is 2.83. The molecule has 2 aromatic carbocycles. The zero-order chi connectivity index (χ0) is 20.3. The molecule has 1 atom stereocenters. The van der Waals surface area contributed by atoms with Crippen LogP contribution in [0.2, 0.25) is 0 Å². The number of nitrogens with zero attached hydrogens (tertiary/aromatic N) is 3. The number of amides is 1. The molecule has 0 unspecified atom stereocenters. The Morgan fingerprint density at radius 1 is 1.03 bits per heavy atom. The smallest absolute Gasteiger partial charge is 0.254 e. The molecule has 1 fully saturated rings. The van der Waals surface area contributed by atoms with E-state index in [9.17, 15) is 4.79 Å². The molecule has 3 aromatic rings. The Morgan fingerprint density at radius 3 is 2.77 bits per heavy atom. The Balaban J connectivity index is 1.42. The summed E-state index contributed by atoms with van der Waals surface area (Å²) >= 11 is 0. The van der Waals surface area contributed by atoms with Gasteiger partial charge in [0, 0.05) is 30.9 Å². The summed E-state index contributed by atoms with van der Waals surface area (Å²) in [5, 5.41) is 4.29. The van der Waals surface area contributed by atoms with Crippen LogP contribution in [0.5, 0.6) is 11.5 Å². The molecule has 0 aliphatic carbocycles. The number of benzene rings is 2. The van der Waals surface area contributed by atoms with Gasteiger partial charge in [-0.1, -0.05) is 24.3 Å². The Labute approximate surface area is 176 Å². The topological polar surface area (TPSA) is 56.6 Å². The van der Waals surface area contributed by atoms with Crippen molar-refractivity contribution in [3.05, 3.63) is 77.6 Å². The molecule has 0 radical (unpaired) electrons. The minimum absolute atomic E-state index is 0.0485. The van der Waals surface area contributed by atoms with E-state index in [1.54, 1.807) is 6.20 Å². The molecule has 5 rings (SSSR count). The maximum absolute atomic E-state index is 13.6. The lowest BCUT2D eigenvalue weighted by Crippen LogP contribution is -2.31. The summed E-state index contributed by atoms with van der Waals surface area (Å²) < 4.78 is 13.5. The summed E-state index contributed by atoms with van der Waals surface area (Å²) in [6, 6.07) is 15.9. The molecule has 0 saturated carbocycles. The highest BCUT2D eigenvalue weighted by Gasteiger charge is 2.32. The number of fused-ring (bicyclic) bond motifs is 1. The van der Waals surface area contributed by atoms with Crippen LogP contribution in [-0.4, -0.2) is 40.3 Å². The Hall–Kier alpha value is -3.28. The monoisotopic (exact) mass is 403 g/mol. The molecule has 2 aliphatic heterocycles. The fraction of sp³-hybridized carbons (Fsp3) is 0.333. The van der Waals surface area contributed by atoms with Crippen molar-refractivity contribution in [1.29, 1.82) is 0 Å². The van der Waals surface area contributed by atoms with Crippen molar-refractivity contribution in [3.8, 4) is 11.5 Å². The molecule has 154 valence electrons. The number of aromatic nitrogens is 2. The summed E-state index contributed by atoms with van der Waals surface area (Å²) in [6.45, 7) is 2.67. The van der Waals surface area contributed by atoms with Crippen LogP contribution in [0.3, 0.4) is 0 Å². The van der Waals surface area contributed by atoms with Gasteiger partial charge in [0.25, 0.3) is 5.91 Å². The van der Waals surface area contributed by atoms with E-state index in [2.05, 4.69) is 11.2 Å². The number of carbonyl (C=O) groups excluding carboxylic acids is 1. The number of ether oxygens (including phenoxy) is 2. The summed E-state index contributed by atoms with van der Waals surface area (Å²) in [7, 11) is 0. The van der Waals surface area contributed by atoms with Crippen LogP contribution in [-0.2, 0) is 6.54 Å². The molecule has 1 saturated heterocycles. The van der Waals surface area contributed by atoms with E-state index in [4.69, 9.17) is 9.47 Å². The van der Waals surface area contributed by atoms with Gasteiger partial charge in [0.2, 0.25) is 0 Å². The fourth-order valence-corrected chi connectivity index (χ4v) is 4.33. The van der Waals surface area contributed by atoms with Crippen molar-refractivity contribution in [2.75, 3.05) is 19.8 Å². The van der Waals surface area contributed by atoms with Crippen LogP contribution in [0.15, 0.2) is 60.9 Å². The minimum Gasteiger partial charge on any atom is -0.490 e.